The maximum Gasteiger partial charge on any atom is 0.326 e. The normalized spacial score (nSPS) is 15.5. The number of halogens is 1. The first-order chi connectivity index (χ1) is 10.4. The van der Waals surface area contributed by atoms with Crippen LogP contribution in [0.15, 0.2) is 17.8 Å². The van der Waals surface area contributed by atoms with Gasteiger partial charge in [-0.25, -0.2) is 4.79 Å². The molecule has 0 atom stereocenters. The summed E-state index contributed by atoms with van der Waals surface area (Å²) in [6, 6.07) is 2.45. The summed E-state index contributed by atoms with van der Waals surface area (Å²) >= 11 is 6.09. The van der Waals surface area contributed by atoms with Gasteiger partial charge in [-0.15, -0.1) is 0 Å². The zero-order chi connectivity index (χ0) is 16.3. The number of nitrogens with one attached hydrogen (secondary N) is 2. The molecule has 0 saturated carbocycles. The fourth-order valence-corrected chi connectivity index (χ4v) is 2.08. The molecule has 0 spiro atoms. The molecule has 22 heavy (non-hydrogen) atoms. The summed E-state index contributed by atoms with van der Waals surface area (Å²) in [5.41, 5.74) is 0.598. The molecule has 1 aliphatic rings. The summed E-state index contributed by atoms with van der Waals surface area (Å²) in [7, 11) is 0. The topological polar surface area (TPSA) is 93.7 Å². The summed E-state index contributed by atoms with van der Waals surface area (Å²) in [6.07, 6.45) is 1.44. The highest BCUT2D eigenvalue weighted by Gasteiger charge is 2.23. The van der Waals surface area contributed by atoms with Crippen LogP contribution in [0.4, 0.5) is 4.79 Å². The van der Waals surface area contributed by atoms with E-state index < -0.39 is 17.9 Å². The molecule has 1 fully saturated rings. The van der Waals surface area contributed by atoms with Crippen molar-refractivity contribution < 1.29 is 23.9 Å². The predicted octanol–water partition coefficient (Wildman–Crippen LogP) is 1.84. The molecule has 1 aromatic rings. The van der Waals surface area contributed by atoms with Crippen LogP contribution in [-0.4, -0.2) is 24.5 Å². The molecule has 1 heterocycles. The minimum Gasteiger partial charge on any atom is -0.490 e. The summed E-state index contributed by atoms with van der Waals surface area (Å²) < 4.78 is 10.4. The van der Waals surface area contributed by atoms with E-state index in [1.165, 1.54) is 19.1 Å². The molecule has 0 aliphatic carbocycles. The van der Waals surface area contributed by atoms with Gasteiger partial charge < -0.3 is 14.8 Å². The van der Waals surface area contributed by atoms with Gasteiger partial charge >= 0.3 is 12.0 Å². The van der Waals surface area contributed by atoms with Crippen LogP contribution < -0.4 is 20.1 Å². The van der Waals surface area contributed by atoms with E-state index in [0.717, 1.165) is 0 Å². The largest absolute Gasteiger partial charge is 0.490 e. The van der Waals surface area contributed by atoms with Crippen molar-refractivity contribution in [2.45, 2.75) is 13.8 Å². The second-order valence-corrected chi connectivity index (χ2v) is 4.73. The third-order valence-corrected chi connectivity index (χ3v) is 2.89. The zero-order valence-electron chi connectivity index (χ0n) is 11.9. The number of hydrogen-bond acceptors (Lipinski definition) is 5. The molecule has 8 heteroatoms. The van der Waals surface area contributed by atoms with Gasteiger partial charge in [-0.1, -0.05) is 11.6 Å². The Bertz CT molecular complexity index is 684. The molecule has 0 bridgehead atoms. The van der Waals surface area contributed by atoms with Gasteiger partial charge in [-0.3, -0.25) is 14.9 Å². The van der Waals surface area contributed by atoms with Crippen LogP contribution >= 0.6 is 11.6 Å². The predicted molar refractivity (Wildman–Crippen MR) is 78.6 cm³/mol. The SMILES string of the molecule is CCOc1cc(/C=C2\NC(=O)NC2=O)cc(Cl)c1OC(C)=O. The molecule has 0 radical (unpaired) electrons. The molecule has 1 aromatic carbocycles. The van der Waals surface area contributed by atoms with Crippen LogP contribution in [0.1, 0.15) is 19.4 Å². The van der Waals surface area contributed by atoms with Crippen molar-refractivity contribution >= 4 is 35.6 Å². The second kappa shape index (κ2) is 6.48. The summed E-state index contributed by atoms with van der Waals surface area (Å²) in [5, 5.41) is 4.60. The number of carbonyl (C=O) groups is 3. The molecule has 3 amide bonds. The number of amides is 3. The smallest absolute Gasteiger partial charge is 0.326 e. The number of imide groups is 1. The first kappa shape index (κ1) is 15.8. The molecule has 1 saturated heterocycles. The number of benzene rings is 1. The molecule has 116 valence electrons. The first-order valence-corrected chi connectivity index (χ1v) is 6.77. The third kappa shape index (κ3) is 3.56. The molecule has 2 N–H and O–H groups in total. The average molecular weight is 325 g/mol. The zero-order valence-corrected chi connectivity index (χ0v) is 12.6. The van der Waals surface area contributed by atoms with Crippen molar-refractivity contribution in [1.29, 1.82) is 0 Å². The van der Waals surface area contributed by atoms with Gasteiger partial charge in [0.15, 0.2) is 11.5 Å². The first-order valence-electron chi connectivity index (χ1n) is 6.39. The monoisotopic (exact) mass is 324 g/mol. The fraction of sp³-hybridized carbons (Fsp3) is 0.214. The Balaban J connectivity index is 2.42. The van der Waals surface area contributed by atoms with Crippen LogP contribution in [0, 0.1) is 0 Å². The standard InChI is InChI=1S/C14H13ClN2O5/c1-3-21-11-6-8(4-9(15)12(11)22-7(2)18)5-10-13(19)17-14(20)16-10/h4-6H,3H2,1-2H3,(H2,16,17,19,20)/b10-5-. The van der Waals surface area contributed by atoms with E-state index in [1.54, 1.807) is 13.0 Å². The third-order valence-electron chi connectivity index (χ3n) is 2.61. The lowest BCUT2D eigenvalue weighted by Crippen LogP contribution is -2.22. The van der Waals surface area contributed by atoms with Crippen LogP contribution in [0.25, 0.3) is 6.08 Å². The maximum atomic E-state index is 11.5. The molecule has 1 aliphatic heterocycles. The Morgan fingerprint density at radius 3 is 2.59 bits per heavy atom. The van der Waals surface area contributed by atoms with Gasteiger partial charge in [0.25, 0.3) is 5.91 Å². The van der Waals surface area contributed by atoms with Crippen molar-refractivity contribution in [3.05, 3.63) is 28.4 Å². The number of rotatable bonds is 4. The highest BCUT2D eigenvalue weighted by molar-refractivity contribution is 6.32. The molecule has 7 nitrogen and oxygen atoms in total. The minimum atomic E-state index is -0.594. The lowest BCUT2D eigenvalue weighted by Gasteiger charge is -2.12. The molecule has 2 rings (SSSR count). The number of urea groups is 1. The molecular weight excluding hydrogens is 312 g/mol. The minimum absolute atomic E-state index is 0.0868. The van der Waals surface area contributed by atoms with E-state index in [9.17, 15) is 14.4 Å². The highest BCUT2D eigenvalue weighted by Crippen LogP contribution is 2.37. The van der Waals surface area contributed by atoms with E-state index >= 15 is 0 Å². The quantitative estimate of drug-likeness (QED) is 0.381. The average Bonchev–Trinajstić information content (AvgIpc) is 2.72. The fourth-order valence-electron chi connectivity index (χ4n) is 1.83. The summed E-state index contributed by atoms with van der Waals surface area (Å²) in [6.45, 7) is 3.35. The Morgan fingerprint density at radius 1 is 1.32 bits per heavy atom. The van der Waals surface area contributed by atoms with Crippen molar-refractivity contribution in [2.75, 3.05) is 6.61 Å². The highest BCUT2D eigenvalue weighted by atomic mass is 35.5. The number of hydrogen-bond donors (Lipinski definition) is 2. The van der Waals surface area contributed by atoms with E-state index in [-0.39, 0.29) is 22.2 Å². The molecular formula is C14H13ClN2O5. The van der Waals surface area contributed by atoms with Crippen molar-refractivity contribution in [3.63, 3.8) is 0 Å². The second-order valence-electron chi connectivity index (χ2n) is 4.32. The van der Waals surface area contributed by atoms with Crippen LogP contribution in [0.2, 0.25) is 5.02 Å². The summed E-state index contributed by atoms with van der Waals surface area (Å²) in [4.78, 5) is 33.7. The Kier molecular flexibility index (Phi) is 4.67. The van der Waals surface area contributed by atoms with Gasteiger partial charge in [0, 0.05) is 6.92 Å². The maximum absolute atomic E-state index is 11.5. The number of carbonyl (C=O) groups excluding carboxylic acids is 3. The lowest BCUT2D eigenvalue weighted by molar-refractivity contribution is -0.132. The van der Waals surface area contributed by atoms with Crippen LogP contribution in [0.5, 0.6) is 11.5 Å². The lowest BCUT2D eigenvalue weighted by atomic mass is 10.1. The Morgan fingerprint density at radius 2 is 2.05 bits per heavy atom. The van der Waals surface area contributed by atoms with E-state index in [0.29, 0.717) is 12.2 Å². The Labute approximate surface area is 131 Å². The van der Waals surface area contributed by atoms with Crippen molar-refractivity contribution in [1.82, 2.24) is 10.6 Å². The van der Waals surface area contributed by atoms with Gasteiger partial charge in [-0.2, -0.15) is 0 Å². The van der Waals surface area contributed by atoms with E-state index in [2.05, 4.69) is 10.6 Å². The number of ether oxygens (including phenoxy) is 2. The Hall–Kier alpha value is -2.54. The number of esters is 1. The summed E-state index contributed by atoms with van der Waals surface area (Å²) in [5.74, 6) is -0.695. The molecule has 0 unspecified atom stereocenters. The van der Waals surface area contributed by atoms with Crippen LogP contribution in [0.3, 0.4) is 0 Å². The van der Waals surface area contributed by atoms with Gasteiger partial charge in [0.1, 0.15) is 5.70 Å². The van der Waals surface area contributed by atoms with E-state index in [1.807, 2.05) is 0 Å². The van der Waals surface area contributed by atoms with Crippen molar-refractivity contribution in [2.24, 2.45) is 0 Å². The van der Waals surface area contributed by atoms with Crippen LogP contribution in [-0.2, 0) is 9.59 Å². The molecule has 0 aromatic heterocycles. The van der Waals surface area contributed by atoms with Gasteiger partial charge in [0.05, 0.1) is 11.6 Å². The van der Waals surface area contributed by atoms with Crippen molar-refractivity contribution in [3.8, 4) is 11.5 Å². The van der Waals surface area contributed by atoms with Gasteiger partial charge in [0.2, 0.25) is 0 Å². The van der Waals surface area contributed by atoms with Gasteiger partial charge in [-0.05, 0) is 30.7 Å². The van der Waals surface area contributed by atoms with E-state index in [4.69, 9.17) is 21.1 Å².